The van der Waals surface area contributed by atoms with E-state index in [1.165, 1.54) is 53.2 Å². The van der Waals surface area contributed by atoms with Crippen LogP contribution < -0.4 is 4.90 Å². The van der Waals surface area contributed by atoms with Gasteiger partial charge in [-0.25, -0.2) is 0 Å². The number of para-hydroxylation sites is 2. The SMILES string of the molecule is c1cc(-c2ccc3c(c2)sc2ccccc23)cc(N(c2ccc(-c3cccc4ccccc34)cc2)c2ccccc2-c2ccc3oc4ccccc4c3c2)c1. The molecule has 0 fully saturated rings. The summed E-state index contributed by atoms with van der Waals surface area (Å²) < 4.78 is 8.85. The maximum atomic E-state index is 6.22. The van der Waals surface area contributed by atoms with Crippen LogP contribution in [0.3, 0.4) is 0 Å². The molecule has 11 aromatic rings. The van der Waals surface area contributed by atoms with Gasteiger partial charge in [0.2, 0.25) is 0 Å². The van der Waals surface area contributed by atoms with Crippen LogP contribution in [0.5, 0.6) is 0 Å². The molecule has 0 amide bonds. The average molecular weight is 720 g/mol. The van der Waals surface area contributed by atoms with Crippen LogP contribution in [0.25, 0.3) is 86.3 Å². The van der Waals surface area contributed by atoms with Gasteiger partial charge in [-0.15, -0.1) is 11.3 Å². The molecule has 0 aliphatic heterocycles. The predicted octanol–water partition coefficient (Wildman–Crippen LogP) is 15.6. The fraction of sp³-hybridized carbons (Fsp3) is 0. The molecular formula is C52H33NOS. The van der Waals surface area contributed by atoms with Gasteiger partial charge in [0.1, 0.15) is 11.2 Å². The van der Waals surface area contributed by atoms with Crippen LogP contribution in [0, 0.1) is 0 Å². The molecule has 11 rings (SSSR count). The molecule has 9 aromatic carbocycles. The Morgan fingerprint density at radius 3 is 1.93 bits per heavy atom. The monoisotopic (exact) mass is 719 g/mol. The molecule has 0 atom stereocenters. The maximum absolute atomic E-state index is 6.22. The molecule has 2 heterocycles. The maximum Gasteiger partial charge on any atom is 0.135 e. The summed E-state index contributed by atoms with van der Waals surface area (Å²) >= 11 is 1.86. The van der Waals surface area contributed by atoms with Crippen molar-refractivity contribution < 1.29 is 4.42 Å². The lowest BCUT2D eigenvalue weighted by Gasteiger charge is -2.28. The van der Waals surface area contributed by atoms with Crippen molar-refractivity contribution in [3.63, 3.8) is 0 Å². The van der Waals surface area contributed by atoms with Gasteiger partial charge in [-0.1, -0.05) is 140 Å². The van der Waals surface area contributed by atoms with Crippen molar-refractivity contribution >= 4 is 81.3 Å². The Hall–Kier alpha value is -6.94. The summed E-state index contributed by atoms with van der Waals surface area (Å²) in [7, 11) is 0. The first-order valence-electron chi connectivity index (χ1n) is 18.7. The zero-order chi connectivity index (χ0) is 36.3. The highest BCUT2D eigenvalue weighted by molar-refractivity contribution is 7.25. The topological polar surface area (TPSA) is 16.4 Å². The lowest BCUT2D eigenvalue weighted by atomic mass is 9.97. The predicted molar refractivity (Wildman–Crippen MR) is 235 cm³/mol. The number of anilines is 3. The van der Waals surface area contributed by atoms with Gasteiger partial charge in [0, 0.05) is 47.9 Å². The van der Waals surface area contributed by atoms with E-state index in [9.17, 15) is 0 Å². The molecule has 258 valence electrons. The van der Waals surface area contributed by atoms with Crippen LogP contribution in [-0.2, 0) is 0 Å². The van der Waals surface area contributed by atoms with E-state index in [1.54, 1.807) is 0 Å². The number of hydrogen-bond acceptors (Lipinski definition) is 3. The Bertz CT molecular complexity index is 3220. The van der Waals surface area contributed by atoms with Gasteiger partial charge >= 0.3 is 0 Å². The summed E-state index contributed by atoms with van der Waals surface area (Å²) in [6.07, 6.45) is 0. The van der Waals surface area contributed by atoms with Crippen molar-refractivity contribution in [2.45, 2.75) is 0 Å². The normalized spacial score (nSPS) is 11.6. The van der Waals surface area contributed by atoms with Crippen molar-refractivity contribution in [3.8, 4) is 33.4 Å². The molecule has 0 N–H and O–H groups in total. The van der Waals surface area contributed by atoms with E-state index in [0.717, 1.165) is 50.1 Å². The number of fused-ring (bicyclic) bond motifs is 7. The smallest absolute Gasteiger partial charge is 0.135 e. The van der Waals surface area contributed by atoms with Gasteiger partial charge in [-0.2, -0.15) is 0 Å². The Kier molecular flexibility index (Phi) is 7.39. The first kappa shape index (κ1) is 31.6. The first-order chi connectivity index (χ1) is 27.2. The number of furan rings is 1. The zero-order valence-corrected chi connectivity index (χ0v) is 30.6. The van der Waals surface area contributed by atoms with Crippen molar-refractivity contribution in [3.05, 3.63) is 200 Å². The summed E-state index contributed by atoms with van der Waals surface area (Å²) in [5.41, 5.74) is 12.2. The molecule has 0 radical (unpaired) electrons. The van der Waals surface area contributed by atoms with Crippen molar-refractivity contribution in [2.75, 3.05) is 4.90 Å². The molecule has 0 saturated carbocycles. The van der Waals surface area contributed by atoms with Gasteiger partial charge in [0.15, 0.2) is 0 Å². The van der Waals surface area contributed by atoms with E-state index < -0.39 is 0 Å². The van der Waals surface area contributed by atoms with E-state index in [1.807, 2.05) is 23.5 Å². The molecule has 0 bridgehead atoms. The third kappa shape index (κ3) is 5.40. The number of nitrogens with zero attached hydrogens (tertiary/aromatic N) is 1. The lowest BCUT2D eigenvalue weighted by Crippen LogP contribution is -2.11. The third-order valence-corrected chi connectivity index (χ3v) is 12.0. The second-order valence-electron chi connectivity index (χ2n) is 14.1. The summed E-state index contributed by atoms with van der Waals surface area (Å²) in [5.74, 6) is 0. The van der Waals surface area contributed by atoms with E-state index >= 15 is 0 Å². The molecule has 3 heteroatoms. The number of rotatable bonds is 6. The molecule has 2 nitrogen and oxygen atoms in total. The Morgan fingerprint density at radius 2 is 1.00 bits per heavy atom. The molecule has 0 spiro atoms. The summed E-state index contributed by atoms with van der Waals surface area (Å²) in [4.78, 5) is 2.40. The molecule has 55 heavy (non-hydrogen) atoms. The van der Waals surface area contributed by atoms with Crippen molar-refractivity contribution in [1.29, 1.82) is 0 Å². The van der Waals surface area contributed by atoms with Gasteiger partial charge in [-0.3, -0.25) is 0 Å². The molecule has 0 saturated heterocycles. The summed E-state index contributed by atoms with van der Waals surface area (Å²) in [5, 5.41) is 7.37. The lowest BCUT2D eigenvalue weighted by molar-refractivity contribution is 0.669. The quantitative estimate of drug-likeness (QED) is 0.170. The number of benzene rings is 9. The van der Waals surface area contributed by atoms with E-state index in [4.69, 9.17) is 4.42 Å². The number of thiophene rings is 1. The third-order valence-electron chi connectivity index (χ3n) is 10.9. The van der Waals surface area contributed by atoms with Crippen LogP contribution in [0.4, 0.5) is 17.1 Å². The van der Waals surface area contributed by atoms with Gasteiger partial charge < -0.3 is 9.32 Å². The van der Waals surface area contributed by atoms with Gasteiger partial charge in [0.25, 0.3) is 0 Å². The zero-order valence-electron chi connectivity index (χ0n) is 29.8. The highest BCUT2D eigenvalue weighted by atomic mass is 32.1. The van der Waals surface area contributed by atoms with E-state index in [2.05, 4.69) is 193 Å². The van der Waals surface area contributed by atoms with Crippen LogP contribution >= 0.6 is 11.3 Å². The average Bonchev–Trinajstić information content (AvgIpc) is 3.82. The summed E-state index contributed by atoms with van der Waals surface area (Å²) in [6.45, 7) is 0. The minimum atomic E-state index is 0.895. The Morgan fingerprint density at radius 1 is 0.345 bits per heavy atom. The molecule has 2 aromatic heterocycles. The van der Waals surface area contributed by atoms with Crippen LogP contribution in [0.2, 0.25) is 0 Å². The second kappa shape index (κ2) is 12.9. The van der Waals surface area contributed by atoms with Crippen molar-refractivity contribution in [2.24, 2.45) is 0 Å². The summed E-state index contributed by atoms with van der Waals surface area (Å²) in [6, 6.07) is 72.4. The fourth-order valence-electron chi connectivity index (χ4n) is 8.23. The van der Waals surface area contributed by atoms with Crippen LogP contribution in [0.15, 0.2) is 205 Å². The highest BCUT2D eigenvalue weighted by Crippen LogP contribution is 2.44. The van der Waals surface area contributed by atoms with Gasteiger partial charge in [-0.05, 0) is 99.3 Å². The standard InChI is InChI=1S/C52H33NOS/c1-2-15-41-34(11-1)12-10-19-42(41)35-23-27-39(28-24-35)53(40-14-9-13-36(31-40)37-25-29-46-45-18-5-8-22-51(45)55-52(46)33-37)48-20-6-3-16-43(48)38-26-30-50-47(32-38)44-17-4-7-21-49(44)54-50/h1-33H. The number of hydrogen-bond donors (Lipinski definition) is 0. The highest BCUT2D eigenvalue weighted by Gasteiger charge is 2.19. The fourth-order valence-corrected chi connectivity index (χ4v) is 9.38. The molecule has 0 aliphatic rings. The van der Waals surface area contributed by atoms with Crippen LogP contribution in [0.1, 0.15) is 0 Å². The van der Waals surface area contributed by atoms with Crippen LogP contribution in [-0.4, -0.2) is 0 Å². The first-order valence-corrected chi connectivity index (χ1v) is 19.5. The Balaban J connectivity index is 1.07. The van der Waals surface area contributed by atoms with E-state index in [-0.39, 0.29) is 0 Å². The van der Waals surface area contributed by atoms with E-state index in [0.29, 0.717) is 0 Å². The minimum Gasteiger partial charge on any atom is -0.456 e. The van der Waals surface area contributed by atoms with Crippen molar-refractivity contribution in [1.82, 2.24) is 0 Å². The largest absolute Gasteiger partial charge is 0.456 e. The second-order valence-corrected chi connectivity index (χ2v) is 15.2. The molecular weight excluding hydrogens is 687 g/mol. The molecule has 0 unspecified atom stereocenters. The minimum absolute atomic E-state index is 0.895. The van der Waals surface area contributed by atoms with Gasteiger partial charge in [0.05, 0.1) is 5.69 Å². The Labute approximate surface area is 322 Å². The molecule has 0 aliphatic carbocycles.